The summed E-state index contributed by atoms with van der Waals surface area (Å²) in [6.45, 7) is 1.72. The number of benzene rings is 1. The number of pyridine rings is 1. The highest BCUT2D eigenvalue weighted by Gasteiger charge is 2.30. The molecule has 3 aromatic heterocycles. The minimum Gasteiger partial charge on any atom is -0.323 e. The van der Waals surface area contributed by atoms with Crippen LogP contribution in [0.1, 0.15) is 22.0 Å². The molecule has 5 nitrogen and oxygen atoms in total. The molecule has 11 heteroatoms. The lowest BCUT2D eigenvalue weighted by Gasteiger charge is -2.08. The summed E-state index contributed by atoms with van der Waals surface area (Å²) in [6.07, 6.45) is -3.27. The van der Waals surface area contributed by atoms with Crippen LogP contribution in [0.3, 0.4) is 0 Å². The summed E-state index contributed by atoms with van der Waals surface area (Å²) in [5.74, 6) is 1.06. The van der Waals surface area contributed by atoms with E-state index >= 15 is 0 Å². The van der Waals surface area contributed by atoms with Crippen LogP contribution in [0.2, 0.25) is 10.0 Å². The number of hydrogen-bond donors (Lipinski definition) is 1. The van der Waals surface area contributed by atoms with Crippen LogP contribution in [-0.4, -0.2) is 19.9 Å². The number of fused-ring (bicyclic) bond motifs is 1. The molecule has 4 rings (SSSR count). The van der Waals surface area contributed by atoms with E-state index in [4.69, 9.17) is 23.2 Å². The topological polar surface area (TPSA) is 63.6 Å². The number of anilines is 2. The number of halogens is 5. The third-order valence-corrected chi connectivity index (χ3v) is 5.80. The van der Waals surface area contributed by atoms with Crippen LogP contribution in [0, 0.1) is 6.92 Å². The molecule has 0 unspecified atom stereocenters. The molecule has 0 atom stereocenters. The van der Waals surface area contributed by atoms with Gasteiger partial charge in [-0.25, -0.2) is 19.9 Å². The zero-order valence-electron chi connectivity index (χ0n) is 15.3. The molecule has 0 saturated carbocycles. The van der Waals surface area contributed by atoms with Crippen LogP contribution >= 0.6 is 34.5 Å². The van der Waals surface area contributed by atoms with E-state index < -0.39 is 11.7 Å². The molecule has 0 amide bonds. The van der Waals surface area contributed by atoms with Crippen molar-refractivity contribution >= 4 is 56.5 Å². The molecule has 1 N–H and O–H groups in total. The van der Waals surface area contributed by atoms with Gasteiger partial charge in [0.15, 0.2) is 5.82 Å². The molecular weight excluding hydrogens is 458 g/mol. The Morgan fingerprint density at radius 1 is 1.03 bits per heavy atom. The average Bonchev–Trinajstić information content (AvgIpc) is 3.07. The van der Waals surface area contributed by atoms with Gasteiger partial charge in [-0.15, -0.1) is 0 Å². The fourth-order valence-electron chi connectivity index (χ4n) is 2.74. The van der Waals surface area contributed by atoms with E-state index in [0.717, 1.165) is 22.8 Å². The van der Waals surface area contributed by atoms with Crippen LogP contribution in [-0.2, 0) is 12.6 Å². The van der Waals surface area contributed by atoms with Gasteiger partial charge < -0.3 is 5.32 Å². The quantitative estimate of drug-likeness (QED) is 0.372. The summed E-state index contributed by atoms with van der Waals surface area (Å²) in [5, 5.41) is 4.73. The van der Waals surface area contributed by atoms with Gasteiger partial charge in [-0.05, 0) is 36.8 Å². The largest absolute Gasteiger partial charge is 0.417 e. The lowest BCUT2D eigenvalue weighted by molar-refractivity contribution is -0.137. The van der Waals surface area contributed by atoms with Crippen LogP contribution in [0.4, 0.5) is 24.8 Å². The Hall–Kier alpha value is -2.49. The molecule has 0 aliphatic carbocycles. The molecule has 3 heterocycles. The molecule has 30 heavy (non-hydrogen) atoms. The van der Waals surface area contributed by atoms with Crippen molar-refractivity contribution in [2.24, 2.45) is 0 Å². The first-order valence-electron chi connectivity index (χ1n) is 8.58. The standard InChI is InChI=1S/C19H12Cl2F3N5S/c1-9-26-17(28-14-6-5-10(8-25-14)19(22,23)24)16-18(27-9)30-15(29-16)7-11-12(20)3-2-4-13(11)21/h2-6,8H,7H2,1H3,(H,25,26,27,28). The van der Waals surface area contributed by atoms with Crippen molar-refractivity contribution in [1.82, 2.24) is 19.9 Å². The van der Waals surface area contributed by atoms with Gasteiger partial charge in [0.2, 0.25) is 0 Å². The smallest absolute Gasteiger partial charge is 0.323 e. The SMILES string of the molecule is Cc1nc(Nc2ccc(C(F)(F)F)cn2)c2nc(Cc3c(Cl)cccc3Cl)sc2n1. The van der Waals surface area contributed by atoms with E-state index in [2.05, 4.69) is 25.3 Å². The molecule has 0 bridgehead atoms. The molecule has 4 aromatic rings. The zero-order valence-corrected chi connectivity index (χ0v) is 17.6. The molecule has 0 aliphatic heterocycles. The molecule has 154 valence electrons. The highest BCUT2D eigenvalue weighted by atomic mass is 35.5. The van der Waals surface area contributed by atoms with Gasteiger partial charge in [-0.1, -0.05) is 40.6 Å². The van der Waals surface area contributed by atoms with Crippen molar-refractivity contribution in [3.05, 3.63) is 68.5 Å². The first-order valence-corrected chi connectivity index (χ1v) is 10.1. The lowest BCUT2D eigenvalue weighted by Crippen LogP contribution is -2.06. The van der Waals surface area contributed by atoms with E-state index in [1.807, 2.05) is 0 Å². The van der Waals surface area contributed by atoms with Crippen molar-refractivity contribution in [2.45, 2.75) is 19.5 Å². The highest BCUT2D eigenvalue weighted by Crippen LogP contribution is 2.33. The molecule has 0 saturated heterocycles. The fraction of sp³-hybridized carbons (Fsp3) is 0.158. The third-order valence-electron chi connectivity index (χ3n) is 4.14. The monoisotopic (exact) mass is 469 g/mol. The van der Waals surface area contributed by atoms with Crippen LogP contribution in [0.5, 0.6) is 0 Å². The van der Waals surface area contributed by atoms with Crippen molar-refractivity contribution in [2.75, 3.05) is 5.32 Å². The maximum atomic E-state index is 12.7. The van der Waals surface area contributed by atoms with Crippen molar-refractivity contribution < 1.29 is 13.2 Å². The van der Waals surface area contributed by atoms with E-state index in [1.54, 1.807) is 25.1 Å². The predicted molar refractivity (Wildman–Crippen MR) is 112 cm³/mol. The molecule has 0 fully saturated rings. The molecule has 0 aliphatic rings. The van der Waals surface area contributed by atoms with Crippen molar-refractivity contribution in [3.8, 4) is 0 Å². The zero-order chi connectivity index (χ0) is 21.5. The number of nitrogens with zero attached hydrogens (tertiary/aromatic N) is 4. The van der Waals surface area contributed by atoms with Crippen LogP contribution in [0.25, 0.3) is 10.3 Å². The van der Waals surface area contributed by atoms with E-state index in [-0.39, 0.29) is 5.82 Å². The maximum Gasteiger partial charge on any atom is 0.417 e. The average molecular weight is 470 g/mol. The number of aromatic nitrogens is 4. The first kappa shape index (κ1) is 20.8. The summed E-state index contributed by atoms with van der Waals surface area (Å²) < 4.78 is 38.2. The van der Waals surface area contributed by atoms with Gasteiger partial charge in [0.05, 0.1) is 5.56 Å². The van der Waals surface area contributed by atoms with Gasteiger partial charge in [0, 0.05) is 22.7 Å². The molecule has 0 radical (unpaired) electrons. The summed E-state index contributed by atoms with van der Waals surface area (Å²) in [4.78, 5) is 17.8. The summed E-state index contributed by atoms with van der Waals surface area (Å²) in [5.41, 5.74) is 0.415. The minimum absolute atomic E-state index is 0.214. The Morgan fingerprint density at radius 3 is 2.40 bits per heavy atom. The highest BCUT2D eigenvalue weighted by molar-refractivity contribution is 7.18. The Kier molecular flexibility index (Phi) is 5.52. The normalized spacial score (nSPS) is 11.8. The fourth-order valence-corrected chi connectivity index (χ4v) is 4.27. The van der Waals surface area contributed by atoms with Gasteiger partial charge >= 0.3 is 6.18 Å². The van der Waals surface area contributed by atoms with Crippen LogP contribution in [0.15, 0.2) is 36.5 Å². The number of thiazole rings is 1. The third kappa shape index (κ3) is 4.33. The lowest BCUT2D eigenvalue weighted by atomic mass is 10.1. The first-order chi connectivity index (χ1) is 14.2. The van der Waals surface area contributed by atoms with Gasteiger partial charge in [0.1, 0.15) is 27.0 Å². The number of hydrogen-bond acceptors (Lipinski definition) is 6. The summed E-state index contributed by atoms with van der Waals surface area (Å²) in [6, 6.07) is 7.46. The van der Waals surface area contributed by atoms with Crippen molar-refractivity contribution in [1.29, 1.82) is 0 Å². The number of nitrogens with one attached hydrogen (secondary N) is 1. The van der Waals surface area contributed by atoms with E-state index in [0.29, 0.717) is 38.5 Å². The number of alkyl halides is 3. The second-order valence-corrected chi connectivity index (χ2v) is 8.19. The van der Waals surface area contributed by atoms with Gasteiger partial charge in [0.25, 0.3) is 0 Å². The van der Waals surface area contributed by atoms with Gasteiger partial charge in [-0.3, -0.25) is 0 Å². The van der Waals surface area contributed by atoms with Gasteiger partial charge in [-0.2, -0.15) is 13.2 Å². The Bertz CT molecular complexity index is 1210. The number of aryl methyl sites for hydroxylation is 1. The van der Waals surface area contributed by atoms with E-state index in [9.17, 15) is 13.2 Å². The van der Waals surface area contributed by atoms with E-state index in [1.165, 1.54) is 17.4 Å². The Morgan fingerprint density at radius 2 is 1.77 bits per heavy atom. The number of rotatable bonds is 4. The Balaban J connectivity index is 1.67. The molecule has 0 spiro atoms. The minimum atomic E-state index is -4.45. The second-order valence-electron chi connectivity index (χ2n) is 6.31. The maximum absolute atomic E-state index is 12.7. The second kappa shape index (κ2) is 7.98. The molecular formula is C19H12Cl2F3N5S. The predicted octanol–water partition coefficient (Wildman–Crippen LogP) is 6.45. The summed E-state index contributed by atoms with van der Waals surface area (Å²) >= 11 is 13.9. The molecule has 1 aromatic carbocycles. The van der Waals surface area contributed by atoms with Crippen molar-refractivity contribution in [3.63, 3.8) is 0 Å². The summed E-state index contributed by atoms with van der Waals surface area (Å²) in [7, 11) is 0. The van der Waals surface area contributed by atoms with Crippen LogP contribution < -0.4 is 5.32 Å². The Labute approximate surface area is 182 Å².